The molecule has 5 nitrogen and oxygen atoms in total. The third kappa shape index (κ3) is 4.56. The Kier molecular flexibility index (Phi) is 5.49. The number of esters is 1. The van der Waals surface area contributed by atoms with Crippen LogP contribution in [-0.2, 0) is 9.53 Å². The summed E-state index contributed by atoms with van der Waals surface area (Å²) in [6, 6.07) is 12.2. The highest BCUT2D eigenvalue weighted by Crippen LogP contribution is 2.11. The van der Waals surface area contributed by atoms with Crippen LogP contribution in [0.5, 0.6) is 0 Å². The SMILES string of the molecule is CC(NC(=O)COC(=O)c1ccnc(Cl)c1)c1ccccc1. The second-order valence-corrected chi connectivity index (χ2v) is 5.03. The van der Waals surface area contributed by atoms with E-state index in [4.69, 9.17) is 16.3 Å². The summed E-state index contributed by atoms with van der Waals surface area (Å²) in [7, 11) is 0. The molecule has 0 aliphatic carbocycles. The molecule has 1 unspecified atom stereocenters. The van der Waals surface area contributed by atoms with Crippen molar-refractivity contribution in [2.24, 2.45) is 0 Å². The maximum Gasteiger partial charge on any atom is 0.338 e. The number of rotatable bonds is 5. The van der Waals surface area contributed by atoms with Gasteiger partial charge in [0.2, 0.25) is 0 Å². The molecular formula is C16H15ClN2O3. The highest BCUT2D eigenvalue weighted by atomic mass is 35.5. The second kappa shape index (κ2) is 7.56. The second-order valence-electron chi connectivity index (χ2n) is 4.64. The molecule has 0 saturated heterocycles. The molecule has 1 amide bonds. The summed E-state index contributed by atoms with van der Waals surface area (Å²) in [6.45, 7) is 1.51. The minimum atomic E-state index is -0.619. The third-order valence-electron chi connectivity index (χ3n) is 2.97. The molecule has 1 N–H and O–H groups in total. The van der Waals surface area contributed by atoms with Gasteiger partial charge in [0.1, 0.15) is 5.15 Å². The van der Waals surface area contributed by atoms with Crippen LogP contribution in [0, 0.1) is 0 Å². The molecule has 2 aromatic rings. The monoisotopic (exact) mass is 318 g/mol. The van der Waals surface area contributed by atoms with E-state index in [9.17, 15) is 9.59 Å². The molecule has 114 valence electrons. The topological polar surface area (TPSA) is 68.3 Å². The Morgan fingerprint density at radius 3 is 2.68 bits per heavy atom. The quantitative estimate of drug-likeness (QED) is 0.680. The fraction of sp³-hybridized carbons (Fsp3) is 0.188. The number of ether oxygens (including phenoxy) is 1. The maximum atomic E-state index is 11.8. The lowest BCUT2D eigenvalue weighted by Crippen LogP contribution is -2.31. The van der Waals surface area contributed by atoms with E-state index in [0.29, 0.717) is 0 Å². The minimum absolute atomic E-state index is 0.164. The third-order valence-corrected chi connectivity index (χ3v) is 3.18. The summed E-state index contributed by atoms with van der Waals surface area (Å²) in [5.41, 5.74) is 1.23. The number of hydrogen-bond acceptors (Lipinski definition) is 4. The van der Waals surface area contributed by atoms with Gasteiger partial charge in [-0.15, -0.1) is 0 Å². The van der Waals surface area contributed by atoms with Crippen LogP contribution >= 0.6 is 11.6 Å². The van der Waals surface area contributed by atoms with Crippen molar-refractivity contribution < 1.29 is 14.3 Å². The van der Waals surface area contributed by atoms with Crippen LogP contribution in [0.4, 0.5) is 0 Å². The van der Waals surface area contributed by atoms with Crippen LogP contribution in [0.3, 0.4) is 0 Å². The van der Waals surface area contributed by atoms with E-state index in [1.165, 1.54) is 18.3 Å². The van der Waals surface area contributed by atoms with Crippen molar-refractivity contribution >= 4 is 23.5 Å². The van der Waals surface area contributed by atoms with E-state index < -0.39 is 5.97 Å². The highest BCUT2D eigenvalue weighted by Gasteiger charge is 2.13. The van der Waals surface area contributed by atoms with Gasteiger partial charge in [0.15, 0.2) is 6.61 Å². The van der Waals surface area contributed by atoms with Gasteiger partial charge in [0.05, 0.1) is 11.6 Å². The van der Waals surface area contributed by atoms with Gasteiger partial charge in [-0.2, -0.15) is 0 Å². The number of aromatic nitrogens is 1. The van der Waals surface area contributed by atoms with Crippen LogP contribution in [0.1, 0.15) is 28.9 Å². The lowest BCUT2D eigenvalue weighted by atomic mass is 10.1. The van der Waals surface area contributed by atoms with E-state index in [1.54, 1.807) is 0 Å². The number of carbonyl (C=O) groups is 2. The smallest absolute Gasteiger partial charge is 0.338 e. The molecule has 0 bridgehead atoms. The zero-order valence-corrected chi connectivity index (χ0v) is 12.7. The lowest BCUT2D eigenvalue weighted by Gasteiger charge is -2.14. The Bertz CT molecular complexity index is 661. The zero-order valence-electron chi connectivity index (χ0n) is 12.0. The van der Waals surface area contributed by atoms with Gasteiger partial charge < -0.3 is 10.1 Å². The lowest BCUT2D eigenvalue weighted by molar-refractivity contribution is -0.124. The molecule has 0 spiro atoms. The van der Waals surface area contributed by atoms with Crippen molar-refractivity contribution in [1.82, 2.24) is 10.3 Å². The van der Waals surface area contributed by atoms with E-state index in [-0.39, 0.29) is 29.3 Å². The summed E-state index contributed by atoms with van der Waals surface area (Å²) in [5, 5.41) is 2.95. The summed E-state index contributed by atoms with van der Waals surface area (Å²) >= 11 is 5.69. The predicted octanol–water partition coefficient (Wildman–Crippen LogP) is 2.77. The van der Waals surface area contributed by atoms with Gasteiger partial charge in [0.25, 0.3) is 5.91 Å². The Labute approximate surface area is 133 Å². The van der Waals surface area contributed by atoms with Gasteiger partial charge in [-0.1, -0.05) is 41.9 Å². The van der Waals surface area contributed by atoms with Gasteiger partial charge in [0, 0.05) is 6.20 Å². The largest absolute Gasteiger partial charge is 0.452 e. The first-order chi connectivity index (χ1) is 10.6. The number of nitrogens with zero attached hydrogens (tertiary/aromatic N) is 1. The van der Waals surface area contributed by atoms with Crippen LogP contribution < -0.4 is 5.32 Å². The highest BCUT2D eigenvalue weighted by molar-refractivity contribution is 6.29. The maximum absolute atomic E-state index is 11.8. The van der Waals surface area contributed by atoms with E-state index in [0.717, 1.165) is 5.56 Å². The molecule has 0 radical (unpaired) electrons. The van der Waals surface area contributed by atoms with Crippen LogP contribution in [-0.4, -0.2) is 23.5 Å². The summed E-state index contributed by atoms with van der Waals surface area (Å²) in [4.78, 5) is 27.3. The number of halogens is 1. The molecule has 0 fully saturated rings. The van der Waals surface area contributed by atoms with Crippen molar-refractivity contribution in [3.8, 4) is 0 Å². The molecule has 0 aliphatic rings. The Morgan fingerprint density at radius 1 is 1.27 bits per heavy atom. The van der Waals surface area contributed by atoms with E-state index >= 15 is 0 Å². The summed E-state index contributed by atoms with van der Waals surface area (Å²) < 4.78 is 4.94. The molecule has 1 atom stereocenters. The molecule has 0 aliphatic heterocycles. The van der Waals surface area contributed by atoms with Crippen LogP contribution in [0.15, 0.2) is 48.7 Å². The molecule has 2 rings (SSSR count). The molecule has 1 aromatic carbocycles. The molecule has 6 heteroatoms. The molecule has 1 aromatic heterocycles. The van der Waals surface area contributed by atoms with Gasteiger partial charge in [-0.05, 0) is 24.6 Å². The first kappa shape index (κ1) is 16.0. The number of amides is 1. The Hall–Kier alpha value is -2.40. The molecule has 1 heterocycles. The molecule has 0 saturated carbocycles. The van der Waals surface area contributed by atoms with Crippen molar-refractivity contribution in [3.05, 3.63) is 64.9 Å². The summed E-state index contributed by atoms with van der Waals surface area (Å²) in [6.07, 6.45) is 1.40. The fourth-order valence-electron chi connectivity index (χ4n) is 1.85. The minimum Gasteiger partial charge on any atom is -0.452 e. The number of hydrogen-bond donors (Lipinski definition) is 1. The van der Waals surface area contributed by atoms with Crippen molar-refractivity contribution in [3.63, 3.8) is 0 Å². The number of pyridine rings is 1. The van der Waals surface area contributed by atoms with Gasteiger partial charge >= 0.3 is 5.97 Å². The van der Waals surface area contributed by atoms with Crippen molar-refractivity contribution in [2.75, 3.05) is 6.61 Å². The van der Waals surface area contributed by atoms with Gasteiger partial charge in [-0.3, -0.25) is 4.79 Å². The summed E-state index contributed by atoms with van der Waals surface area (Å²) in [5.74, 6) is -0.989. The van der Waals surface area contributed by atoms with Crippen LogP contribution in [0.2, 0.25) is 5.15 Å². The fourth-order valence-corrected chi connectivity index (χ4v) is 2.03. The first-order valence-electron chi connectivity index (χ1n) is 6.69. The first-order valence-corrected chi connectivity index (χ1v) is 7.07. The molecular weight excluding hydrogens is 304 g/mol. The van der Waals surface area contributed by atoms with E-state index in [2.05, 4.69) is 10.3 Å². The van der Waals surface area contributed by atoms with Crippen molar-refractivity contribution in [2.45, 2.75) is 13.0 Å². The average Bonchev–Trinajstić information content (AvgIpc) is 2.53. The Balaban J connectivity index is 1.84. The normalized spacial score (nSPS) is 11.5. The van der Waals surface area contributed by atoms with Crippen LogP contribution in [0.25, 0.3) is 0 Å². The standard InChI is InChI=1S/C16H15ClN2O3/c1-11(12-5-3-2-4-6-12)19-15(20)10-22-16(21)13-7-8-18-14(17)9-13/h2-9,11H,10H2,1H3,(H,19,20). The average molecular weight is 319 g/mol. The number of benzene rings is 1. The van der Waals surface area contributed by atoms with E-state index in [1.807, 2.05) is 37.3 Å². The number of nitrogens with one attached hydrogen (secondary N) is 1. The molecule has 22 heavy (non-hydrogen) atoms. The number of carbonyl (C=O) groups excluding carboxylic acids is 2. The predicted molar refractivity (Wildman–Crippen MR) is 82.5 cm³/mol. The Morgan fingerprint density at radius 2 is 2.00 bits per heavy atom. The van der Waals surface area contributed by atoms with Crippen molar-refractivity contribution in [1.29, 1.82) is 0 Å². The van der Waals surface area contributed by atoms with Gasteiger partial charge in [-0.25, -0.2) is 9.78 Å². The zero-order chi connectivity index (χ0) is 15.9.